The molecule has 1 fully saturated rings. The highest BCUT2D eigenvalue weighted by molar-refractivity contribution is 5.45. The molecule has 2 aromatic rings. The summed E-state index contributed by atoms with van der Waals surface area (Å²) in [5, 5.41) is 7.71. The van der Waals surface area contributed by atoms with E-state index in [9.17, 15) is 0 Å². The number of hydrogen-bond acceptors (Lipinski definition) is 4. The molecule has 1 atom stereocenters. The van der Waals surface area contributed by atoms with E-state index in [1.165, 1.54) is 5.56 Å². The number of aromatic nitrogens is 3. The summed E-state index contributed by atoms with van der Waals surface area (Å²) < 4.78 is 7.21. The SMILES string of the molecule is Cc1ccn2nc(NC3CCCOC3)nc2c1. The van der Waals surface area contributed by atoms with Crippen molar-refractivity contribution in [3.8, 4) is 0 Å². The lowest BCUT2D eigenvalue weighted by Gasteiger charge is -2.22. The van der Waals surface area contributed by atoms with E-state index in [-0.39, 0.29) is 0 Å². The second kappa shape index (κ2) is 4.33. The third-order valence-corrected chi connectivity index (χ3v) is 2.99. The van der Waals surface area contributed by atoms with Crippen LogP contribution in [0.25, 0.3) is 5.65 Å². The van der Waals surface area contributed by atoms with Crippen LogP contribution in [0.1, 0.15) is 18.4 Å². The zero-order chi connectivity index (χ0) is 11.7. The fraction of sp³-hybridized carbons (Fsp3) is 0.500. The van der Waals surface area contributed by atoms with Crippen molar-refractivity contribution in [1.82, 2.24) is 14.6 Å². The van der Waals surface area contributed by atoms with Crippen LogP contribution in [0.3, 0.4) is 0 Å². The van der Waals surface area contributed by atoms with Crippen LogP contribution < -0.4 is 5.32 Å². The summed E-state index contributed by atoms with van der Waals surface area (Å²) in [4.78, 5) is 4.45. The topological polar surface area (TPSA) is 51.5 Å². The van der Waals surface area contributed by atoms with E-state index in [1.807, 2.05) is 18.3 Å². The molecule has 5 nitrogen and oxygen atoms in total. The average molecular weight is 232 g/mol. The number of anilines is 1. The van der Waals surface area contributed by atoms with Crippen LogP contribution >= 0.6 is 0 Å². The molecule has 2 aromatic heterocycles. The molecule has 1 N–H and O–H groups in total. The molecule has 1 saturated heterocycles. The van der Waals surface area contributed by atoms with Gasteiger partial charge in [0.05, 0.1) is 12.6 Å². The van der Waals surface area contributed by atoms with Crippen molar-refractivity contribution >= 4 is 11.6 Å². The molecule has 1 unspecified atom stereocenters. The van der Waals surface area contributed by atoms with Gasteiger partial charge >= 0.3 is 0 Å². The Morgan fingerprint density at radius 1 is 1.53 bits per heavy atom. The van der Waals surface area contributed by atoms with Crippen molar-refractivity contribution in [2.75, 3.05) is 18.5 Å². The maximum atomic E-state index is 5.42. The van der Waals surface area contributed by atoms with Gasteiger partial charge in [0, 0.05) is 12.8 Å². The second-order valence-electron chi connectivity index (χ2n) is 4.50. The number of fused-ring (bicyclic) bond motifs is 1. The molecule has 0 saturated carbocycles. The Balaban J connectivity index is 1.80. The van der Waals surface area contributed by atoms with Crippen LogP contribution in [0.5, 0.6) is 0 Å². The smallest absolute Gasteiger partial charge is 0.243 e. The Morgan fingerprint density at radius 3 is 3.29 bits per heavy atom. The molecule has 17 heavy (non-hydrogen) atoms. The summed E-state index contributed by atoms with van der Waals surface area (Å²) in [5.41, 5.74) is 2.07. The van der Waals surface area contributed by atoms with Crippen molar-refractivity contribution in [3.05, 3.63) is 23.9 Å². The summed E-state index contributed by atoms with van der Waals surface area (Å²) in [6.07, 6.45) is 4.15. The first-order chi connectivity index (χ1) is 8.31. The maximum absolute atomic E-state index is 5.42. The highest BCUT2D eigenvalue weighted by Crippen LogP contribution is 2.13. The van der Waals surface area contributed by atoms with E-state index >= 15 is 0 Å². The summed E-state index contributed by atoms with van der Waals surface area (Å²) in [6.45, 7) is 3.67. The zero-order valence-corrected chi connectivity index (χ0v) is 9.89. The van der Waals surface area contributed by atoms with E-state index in [0.717, 1.165) is 31.7 Å². The predicted octanol–water partition coefficient (Wildman–Crippen LogP) is 1.63. The first-order valence-corrected chi connectivity index (χ1v) is 5.98. The standard InChI is InChI=1S/C12H16N4O/c1-9-4-5-16-11(7-9)14-12(15-16)13-10-3-2-6-17-8-10/h4-5,7,10H,2-3,6,8H2,1H3,(H,13,15). The molecular weight excluding hydrogens is 216 g/mol. The fourth-order valence-corrected chi connectivity index (χ4v) is 2.08. The largest absolute Gasteiger partial charge is 0.379 e. The normalized spacial score (nSPS) is 20.6. The highest BCUT2D eigenvalue weighted by Gasteiger charge is 2.15. The van der Waals surface area contributed by atoms with Gasteiger partial charge in [-0.3, -0.25) is 0 Å². The van der Waals surface area contributed by atoms with Gasteiger partial charge in [-0.05, 0) is 37.5 Å². The number of nitrogens with zero attached hydrogens (tertiary/aromatic N) is 3. The van der Waals surface area contributed by atoms with Crippen LogP contribution in [0.15, 0.2) is 18.3 Å². The van der Waals surface area contributed by atoms with E-state index in [0.29, 0.717) is 12.0 Å². The Labute approximate surface area is 99.8 Å². The monoisotopic (exact) mass is 232 g/mol. The lowest BCUT2D eigenvalue weighted by Crippen LogP contribution is -2.30. The van der Waals surface area contributed by atoms with E-state index < -0.39 is 0 Å². The molecule has 1 aliphatic heterocycles. The predicted molar refractivity (Wildman–Crippen MR) is 65.2 cm³/mol. The number of hydrogen-bond donors (Lipinski definition) is 1. The van der Waals surface area contributed by atoms with Gasteiger partial charge in [-0.2, -0.15) is 4.98 Å². The quantitative estimate of drug-likeness (QED) is 0.855. The van der Waals surface area contributed by atoms with Crippen molar-refractivity contribution in [2.45, 2.75) is 25.8 Å². The van der Waals surface area contributed by atoms with Crippen molar-refractivity contribution < 1.29 is 4.74 Å². The van der Waals surface area contributed by atoms with E-state index in [1.54, 1.807) is 4.52 Å². The van der Waals surface area contributed by atoms with Gasteiger partial charge in [0.25, 0.3) is 0 Å². The molecule has 0 amide bonds. The molecule has 0 spiro atoms. The minimum atomic E-state index is 0.335. The summed E-state index contributed by atoms with van der Waals surface area (Å²) >= 11 is 0. The molecule has 1 aliphatic rings. The Morgan fingerprint density at radius 2 is 2.47 bits per heavy atom. The number of ether oxygens (including phenoxy) is 1. The lowest BCUT2D eigenvalue weighted by atomic mass is 10.1. The van der Waals surface area contributed by atoms with E-state index in [2.05, 4.69) is 22.3 Å². The first kappa shape index (κ1) is 10.5. The number of rotatable bonds is 2. The van der Waals surface area contributed by atoms with Crippen molar-refractivity contribution in [1.29, 1.82) is 0 Å². The molecular formula is C12H16N4O. The van der Waals surface area contributed by atoms with Crippen molar-refractivity contribution in [2.24, 2.45) is 0 Å². The van der Waals surface area contributed by atoms with Gasteiger partial charge in [-0.25, -0.2) is 4.52 Å². The summed E-state index contributed by atoms with van der Waals surface area (Å²) in [5.74, 6) is 0.686. The molecule has 5 heteroatoms. The lowest BCUT2D eigenvalue weighted by molar-refractivity contribution is 0.0874. The van der Waals surface area contributed by atoms with Crippen LogP contribution in [0.2, 0.25) is 0 Å². The summed E-state index contributed by atoms with van der Waals surface area (Å²) in [7, 11) is 0. The van der Waals surface area contributed by atoms with Gasteiger partial charge in [-0.1, -0.05) is 0 Å². The molecule has 90 valence electrons. The van der Waals surface area contributed by atoms with Gasteiger partial charge in [0.15, 0.2) is 5.65 Å². The van der Waals surface area contributed by atoms with Crippen LogP contribution in [0.4, 0.5) is 5.95 Å². The molecule has 0 radical (unpaired) electrons. The number of pyridine rings is 1. The Hall–Kier alpha value is -1.62. The molecule has 0 aromatic carbocycles. The Bertz CT molecular complexity index is 516. The maximum Gasteiger partial charge on any atom is 0.243 e. The van der Waals surface area contributed by atoms with Crippen LogP contribution in [-0.4, -0.2) is 33.9 Å². The Kier molecular flexibility index (Phi) is 2.68. The number of aryl methyl sites for hydroxylation is 1. The minimum Gasteiger partial charge on any atom is -0.379 e. The van der Waals surface area contributed by atoms with Gasteiger partial charge in [-0.15, -0.1) is 5.10 Å². The average Bonchev–Trinajstić information content (AvgIpc) is 2.71. The third kappa shape index (κ3) is 2.24. The number of nitrogens with one attached hydrogen (secondary N) is 1. The van der Waals surface area contributed by atoms with Gasteiger partial charge < -0.3 is 10.1 Å². The second-order valence-corrected chi connectivity index (χ2v) is 4.50. The van der Waals surface area contributed by atoms with Crippen LogP contribution in [0, 0.1) is 6.92 Å². The molecule has 0 bridgehead atoms. The minimum absolute atomic E-state index is 0.335. The van der Waals surface area contributed by atoms with E-state index in [4.69, 9.17) is 4.74 Å². The first-order valence-electron chi connectivity index (χ1n) is 5.98. The highest BCUT2D eigenvalue weighted by atomic mass is 16.5. The molecule has 0 aliphatic carbocycles. The molecule has 3 rings (SSSR count). The van der Waals surface area contributed by atoms with Gasteiger partial charge in [0.1, 0.15) is 0 Å². The fourth-order valence-electron chi connectivity index (χ4n) is 2.08. The third-order valence-electron chi connectivity index (χ3n) is 2.99. The van der Waals surface area contributed by atoms with Crippen molar-refractivity contribution in [3.63, 3.8) is 0 Å². The molecule has 3 heterocycles. The summed E-state index contributed by atoms with van der Waals surface area (Å²) in [6, 6.07) is 4.38. The zero-order valence-electron chi connectivity index (χ0n) is 9.89. The van der Waals surface area contributed by atoms with Gasteiger partial charge in [0.2, 0.25) is 5.95 Å². The van der Waals surface area contributed by atoms with Crippen LogP contribution in [-0.2, 0) is 4.74 Å².